The van der Waals surface area contributed by atoms with Gasteiger partial charge in [0.1, 0.15) is 17.2 Å². The fraction of sp³-hybridized carbons (Fsp3) is 0.429. The number of halogens is 3. The van der Waals surface area contributed by atoms with Gasteiger partial charge in [0.2, 0.25) is 0 Å². The van der Waals surface area contributed by atoms with Crippen molar-refractivity contribution in [1.82, 2.24) is 5.32 Å². The zero-order valence-electron chi connectivity index (χ0n) is 12.1. The first kappa shape index (κ1) is 17.6. The molecule has 1 aromatic rings. The molecule has 1 aromatic carbocycles. The molecular formula is C14H16BrF2NO3. The largest absolute Gasteiger partial charge is 0.481 e. The van der Waals surface area contributed by atoms with E-state index >= 15 is 0 Å². The van der Waals surface area contributed by atoms with Crippen LogP contribution in [0, 0.1) is 17.0 Å². The molecule has 1 rings (SSSR count). The molecule has 0 heterocycles. The van der Waals surface area contributed by atoms with Gasteiger partial charge >= 0.3 is 5.97 Å². The number of carbonyl (C=O) groups is 2. The average Bonchev–Trinajstić information content (AvgIpc) is 2.25. The fourth-order valence-electron chi connectivity index (χ4n) is 1.53. The number of aliphatic carboxylic acids is 1. The van der Waals surface area contributed by atoms with Gasteiger partial charge in [0.25, 0.3) is 5.91 Å². The van der Waals surface area contributed by atoms with Crippen molar-refractivity contribution in [3.63, 3.8) is 0 Å². The SMILES string of the molecule is CC(C)(NC(=O)c1c(F)cc(Br)cc1F)C(C)(C)C(=O)O. The van der Waals surface area contributed by atoms with Gasteiger partial charge in [0.05, 0.1) is 11.0 Å². The van der Waals surface area contributed by atoms with Crippen LogP contribution in [0.5, 0.6) is 0 Å². The van der Waals surface area contributed by atoms with Crippen LogP contribution < -0.4 is 5.32 Å². The van der Waals surface area contributed by atoms with Gasteiger partial charge < -0.3 is 10.4 Å². The third-order valence-corrected chi connectivity index (χ3v) is 4.21. The normalized spacial score (nSPS) is 12.1. The van der Waals surface area contributed by atoms with E-state index in [0.717, 1.165) is 12.1 Å². The van der Waals surface area contributed by atoms with Gasteiger partial charge in [-0.1, -0.05) is 15.9 Å². The number of benzene rings is 1. The number of hydrogen-bond donors (Lipinski definition) is 2. The second-order valence-corrected chi connectivity index (χ2v) is 6.67. The molecule has 116 valence electrons. The summed E-state index contributed by atoms with van der Waals surface area (Å²) >= 11 is 2.92. The van der Waals surface area contributed by atoms with Crippen LogP contribution in [0.1, 0.15) is 38.1 Å². The Hall–Kier alpha value is -1.50. The molecule has 1 amide bonds. The number of carbonyl (C=O) groups excluding carboxylic acids is 1. The first-order chi connectivity index (χ1) is 9.40. The van der Waals surface area contributed by atoms with E-state index in [4.69, 9.17) is 0 Å². The lowest BCUT2D eigenvalue weighted by Gasteiger charge is -2.38. The van der Waals surface area contributed by atoms with E-state index in [1.165, 1.54) is 27.7 Å². The number of carboxylic acid groups (broad SMARTS) is 1. The second kappa shape index (κ2) is 5.71. The average molecular weight is 364 g/mol. The summed E-state index contributed by atoms with van der Waals surface area (Å²) in [6, 6.07) is 1.93. The lowest BCUT2D eigenvalue weighted by Crippen LogP contribution is -2.57. The van der Waals surface area contributed by atoms with Crippen LogP contribution in [0.4, 0.5) is 8.78 Å². The van der Waals surface area contributed by atoms with Crippen molar-refractivity contribution < 1.29 is 23.5 Å². The quantitative estimate of drug-likeness (QED) is 0.861. The lowest BCUT2D eigenvalue weighted by atomic mass is 9.74. The molecule has 0 aliphatic rings. The van der Waals surface area contributed by atoms with Gasteiger partial charge in [0.15, 0.2) is 0 Å². The molecule has 0 spiro atoms. The Balaban J connectivity index is 3.15. The summed E-state index contributed by atoms with van der Waals surface area (Å²) in [5.41, 5.74) is -3.29. The summed E-state index contributed by atoms with van der Waals surface area (Å²) in [6.45, 7) is 5.80. The Morgan fingerprint density at radius 1 is 1.14 bits per heavy atom. The Morgan fingerprint density at radius 2 is 1.57 bits per heavy atom. The van der Waals surface area contributed by atoms with Crippen molar-refractivity contribution in [3.05, 3.63) is 33.8 Å². The van der Waals surface area contributed by atoms with E-state index in [1.54, 1.807) is 0 Å². The highest BCUT2D eigenvalue weighted by atomic mass is 79.9. The second-order valence-electron chi connectivity index (χ2n) is 5.75. The van der Waals surface area contributed by atoms with E-state index in [0.29, 0.717) is 0 Å². The summed E-state index contributed by atoms with van der Waals surface area (Å²) in [7, 11) is 0. The summed E-state index contributed by atoms with van der Waals surface area (Å²) in [4.78, 5) is 23.3. The Kier molecular flexibility index (Phi) is 4.77. The number of amides is 1. The van der Waals surface area contributed by atoms with E-state index in [1.807, 2.05) is 0 Å². The lowest BCUT2D eigenvalue weighted by molar-refractivity contribution is -0.150. The number of hydrogen-bond acceptors (Lipinski definition) is 2. The molecule has 0 atom stereocenters. The van der Waals surface area contributed by atoms with Gasteiger partial charge in [-0.2, -0.15) is 0 Å². The minimum Gasteiger partial charge on any atom is -0.481 e. The highest BCUT2D eigenvalue weighted by Gasteiger charge is 2.45. The van der Waals surface area contributed by atoms with Crippen LogP contribution in [-0.2, 0) is 4.79 Å². The molecule has 0 saturated carbocycles. The Labute approximate surface area is 129 Å². The van der Waals surface area contributed by atoms with Crippen LogP contribution in [0.25, 0.3) is 0 Å². The third kappa shape index (κ3) is 3.40. The molecular weight excluding hydrogens is 348 g/mol. The summed E-state index contributed by atoms with van der Waals surface area (Å²) < 4.78 is 27.7. The van der Waals surface area contributed by atoms with Crippen molar-refractivity contribution in [2.24, 2.45) is 5.41 Å². The first-order valence-corrected chi connectivity index (χ1v) is 6.90. The van der Waals surface area contributed by atoms with E-state index in [9.17, 15) is 23.5 Å². The highest BCUT2D eigenvalue weighted by Crippen LogP contribution is 2.31. The van der Waals surface area contributed by atoms with Crippen LogP contribution >= 0.6 is 15.9 Å². The molecule has 0 fully saturated rings. The predicted molar refractivity (Wildman–Crippen MR) is 77.0 cm³/mol. The smallest absolute Gasteiger partial charge is 0.311 e. The molecule has 21 heavy (non-hydrogen) atoms. The maximum atomic E-state index is 13.7. The van der Waals surface area contributed by atoms with Crippen molar-refractivity contribution in [2.75, 3.05) is 0 Å². The molecule has 7 heteroatoms. The molecule has 2 N–H and O–H groups in total. The van der Waals surface area contributed by atoms with Gasteiger partial charge in [-0.3, -0.25) is 9.59 Å². The van der Waals surface area contributed by atoms with Gasteiger partial charge in [-0.05, 0) is 39.8 Å². The maximum absolute atomic E-state index is 13.7. The van der Waals surface area contributed by atoms with Crippen LogP contribution in [0.3, 0.4) is 0 Å². The van der Waals surface area contributed by atoms with E-state index in [-0.39, 0.29) is 4.47 Å². The first-order valence-electron chi connectivity index (χ1n) is 6.10. The molecule has 0 bridgehead atoms. The number of rotatable bonds is 4. The van der Waals surface area contributed by atoms with Crippen LogP contribution in [0.15, 0.2) is 16.6 Å². The summed E-state index contributed by atoms with van der Waals surface area (Å²) in [5, 5.41) is 11.6. The highest BCUT2D eigenvalue weighted by molar-refractivity contribution is 9.10. The molecule has 0 unspecified atom stereocenters. The predicted octanol–water partition coefficient (Wildman–Crippen LogP) is 3.35. The van der Waals surface area contributed by atoms with Crippen molar-refractivity contribution in [2.45, 2.75) is 33.2 Å². The summed E-state index contributed by atoms with van der Waals surface area (Å²) in [6.07, 6.45) is 0. The monoisotopic (exact) mass is 363 g/mol. The van der Waals surface area contributed by atoms with Crippen molar-refractivity contribution in [3.8, 4) is 0 Å². The van der Waals surface area contributed by atoms with Gasteiger partial charge in [-0.25, -0.2) is 8.78 Å². The summed E-state index contributed by atoms with van der Waals surface area (Å²) in [5.74, 6) is -4.19. The van der Waals surface area contributed by atoms with E-state index in [2.05, 4.69) is 21.2 Å². The molecule has 4 nitrogen and oxygen atoms in total. The number of nitrogens with one attached hydrogen (secondary N) is 1. The van der Waals surface area contributed by atoms with Gasteiger partial charge in [-0.15, -0.1) is 0 Å². The zero-order valence-corrected chi connectivity index (χ0v) is 13.6. The van der Waals surface area contributed by atoms with Gasteiger partial charge in [0, 0.05) is 4.47 Å². The molecule has 0 aliphatic heterocycles. The minimum absolute atomic E-state index is 0.166. The Morgan fingerprint density at radius 3 is 1.95 bits per heavy atom. The minimum atomic E-state index is -1.33. The third-order valence-electron chi connectivity index (χ3n) is 3.76. The van der Waals surface area contributed by atoms with E-state index < -0.39 is 40.0 Å². The molecule has 0 aliphatic carbocycles. The molecule has 0 saturated heterocycles. The molecule has 0 radical (unpaired) electrons. The van der Waals surface area contributed by atoms with Crippen LogP contribution in [-0.4, -0.2) is 22.5 Å². The standard InChI is InChI=1S/C14H16BrF2NO3/c1-13(2,12(20)21)14(3,4)18-11(19)10-8(16)5-7(15)6-9(10)17/h5-6H,1-4H3,(H,18,19)(H,20,21). The molecule has 0 aromatic heterocycles. The number of carboxylic acids is 1. The fourth-order valence-corrected chi connectivity index (χ4v) is 1.93. The Bertz CT molecular complexity index is 577. The zero-order chi connectivity index (χ0) is 16.6. The van der Waals surface area contributed by atoms with Crippen LogP contribution in [0.2, 0.25) is 0 Å². The maximum Gasteiger partial charge on any atom is 0.311 e. The topological polar surface area (TPSA) is 66.4 Å². The van der Waals surface area contributed by atoms with Crippen molar-refractivity contribution in [1.29, 1.82) is 0 Å². The van der Waals surface area contributed by atoms with Crippen molar-refractivity contribution >= 4 is 27.8 Å².